The van der Waals surface area contributed by atoms with Crippen molar-refractivity contribution in [1.82, 2.24) is 9.80 Å². The Morgan fingerprint density at radius 3 is 2.54 bits per heavy atom. The van der Waals surface area contributed by atoms with E-state index >= 15 is 0 Å². The summed E-state index contributed by atoms with van der Waals surface area (Å²) in [5.41, 5.74) is 4.48. The minimum absolute atomic E-state index is 0.766. The molecule has 1 fully saturated rings. The summed E-state index contributed by atoms with van der Waals surface area (Å²) in [7, 11) is 0. The first-order chi connectivity index (χ1) is 13.7. The molecule has 1 aliphatic rings. The number of thiophene rings is 1. The Labute approximate surface area is 170 Å². The van der Waals surface area contributed by atoms with E-state index in [1.165, 1.54) is 21.2 Å². The molecule has 3 nitrogen and oxygen atoms in total. The Bertz CT molecular complexity index is 980. The maximum atomic E-state index is 11.7. The molecule has 4 rings (SSSR count). The summed E-state index contributed by atoms with van der Waals surface area (Å²) in [6, 6.07) is 17.1. The van der Waals surface area contributed by atoms with E-state index in [9.17, 15) is 4.79 Å². The van der Waals surface area contributed by atoms with E-state index in [2.05, 4.69) is 76.6 Å². The Hall–Kier alpha value is -2.23. The largest absolute Gasteiger partial charge is 0.300 e. The lowest BCUT2D eigenvalue weighted by molar-refractivity contribution is 0.129. The predicted octanol–water partition coefficient (Wildman–Crippen LogP) is 4.63. The molecule has 1 aliphatic heterocycles. The summed E-state index contributed by atoms with van der Waals surface area (Å²) in [5, 5.41) is 3.30. The number of aryl methyl sites for hydroxylation is 1. The van der Waals surface area contributed by atoms with E-state index < -0.39 is 0 Å². The number of hydrogen-bond donors (Lipinski definition) is 0. The number of carbonyl (C=O) groups excluding carboxylic acids is 1. The van der Waals surface area contributed by atoms with Gasteiger partial charge in [0.05, 0.1) is 0 Å². The maximum Gasteiger partial charge on any atom is 0.128 e. The Balaban J connectivity index is 1.33. The molecule has 0 radical (unpaired) electrons. The second-order valence-corrected chi connectivity index (χ2v) is 8.49. The predicted molar refractivity (Wildman–Crippen MR) is 118 cm³/mol. The van der Waals surface area contributed by atoms with Crippen LogP contribution in [0.3, 0.4) is 0 Å². The van der Waals surface area contributed by atoms with Crippen molar-refractivity contribution in [1.29, 1.82) is 0 Å². The van der Waals surface area contributed by atoms with Crippen molar-refractivity contribution in [3.63, 3.8) is 0 Å². The minimum atomic E-state index is 0.766. The van der Waals surface area contributed by atoms with Crippen molar-refractivity contribution < 1.29 is 4.79 Å². The van der Waals surface area contributed by atoms with Crippen LogP contribution in [0.25, 0.3) is 15.7 Å². The zero-order valence-corrected chi connectivity index (χ0v) is 17.2. The van der Waals surface area contributed by atoms with Crippen molar-refractivity contribution in [2.75, 3.05) is 32.7 Å². The molecule has 0 saturated carbocycles. The fraction of sp³-hybridized carbons (Fsp3) is 0.333. The van der Waals surface area contributed by atoms with Gasteiger partial charge in [0.1, 0.15) is 5.94 Å². The number of rotatable bonds is 6. The van der Waals surface area contributed by atoms with Crippen LogP contribution in [0.4, 0.5) is 0 Å². The molecule has 0 unspecified atom stereocenters. The van der Waals surface area contributed by atoms with Crippen LogP contribution in [0.2, 0.25) is 0 Å². The van der Waals surface area contributed by atoms with Gasteiger partial charge in [-0.05, 0) is 31.0 Å². The highest BCUT2D eigenvalue weighted by atomic mass is 32.1. The van der Waals surface area contributed by atoms with E-state index in [4.69, 9.17) is 0 Å². The van der Waals surface area contributed by atoms with Gasteiger partial charge in [-0.1, -0.05) is 42.0 Å². The highest BCUT2D eigenvalue weighted by Gasteiger charge is 2.18. The smallest absolute Gasteiger partial charge is 0.128 e. The highest BCUT2D eigenvalue weighted by molar-refractivity contribution is 7.17. The molecule has 3 aromatic rings. The van der Waals surface area contributed by atoms with Crippen molar-refractivity contribution in [3.8, 4) is 0 Å². The molecule has 0 spiro atoms. The molecule has 0 amide bonds. The molecular formula is C24H26N2OS. The molecule has 1 saturated heterocycles. The van der Waals surface area contributed by atoms with Crippen LogP contribution in [0, 0.1) is 6.92 Å². The van der Waals surface area contributed by atoms with E-state index in [0.717, 1.165) is 56.8 Å². The lowest BCUT2D eigenvalue weighted by Crippen LogP contribution is -2.46. The van der Waals surface area contributed by atoms with Gasteiger partial charge in [0.25, 0.3) is 0 Å². The zero-order valence-electron chi connectivity index (χ0n) is 16.4. The molecule has 0 aliphatic carbocycles. The quantitative estimate of drug-likeness (QED) is 0.573. The van der Waals surface area contributed by atoms with Crippen LogP contribution < -0.4 is 0 Å². The van der Waals surface area contributed by atoms with Gasteiger partial charge in [0.15, 0.2) is 0 Å². The molecule has 4 heteroatoms. The first-order valence-electron chi connectivity index (χ1n) is 9.94. The summed E-state index contributed by atoms with van der Waals surface area (Å²) >= 11 is 1.71. The van der Waals surface area contributed by atoms with Crippen LogP contribution >= 0.6 is 11.3 Å². The Morgan fingerprint density at radius 2 is 1.79 bits per heavy atom. The van der Waals surface area contributed by atoms with E-state index in [1.54, 1.807) is 11.3 Å². The molecule has 2 heterocycles. The minimum Gasteiger partial charge on any atom is -0.300 e. The summed E-state index contributed by atoms with van der Waals surface area (Å²) in [6.07, 6.45) is 0.766. The maximum absolute atomic E-state index is 11.7. The van der Waals surface area contributed by atoms with Gasteiger partial charge >= 0.3 is 0 Å². The van der Waals surface area contributed by atoms with Crippen LogP contribution in [0.5, 0.6) is 0 Å². The van der Waals surface area contributed by atoms with E-state index in [0.29, 0.717) is 0 Å². The fourth-order valence-electron chi connectivity index (χ4n) is 3.90. The van der Waals surface area contributed by atoms with Crippen LogP contribution in [0.15, 0.2) is 53.9 Å². The van der Waals surface area contributed by atoms with Gasteiger partial charge < -0.3 is 4.90 Å². The monoisotopic (exact) mass is 390 g/mol. The normalized spacial score (nSPS) is 15.6. The van der Waals surface area contributed by atoms with Gasteiger partial charge in [-0.3, -0.25) is 4.90 Å². The third-order valence-corrected chi connectivity index (χ3v) is 6.53. The Kier molecular flexibility index (Phi) is 6.04. The summed E-state index contributed by atoms with van der Waals surface area (Å²) in [5.74, 6) is 2.23. The van der Waals surface area contributed by atoms with E-state index in [1.807, 2.05) is 0 Å². The molecule has 144 valence electrons. The van der Waals surface area contributed by atoms with E-state index in [-0.39, 0.29) is 0 Å². The molecule has 0 bridgehead atoms. The number of piperazine rings is 1. The average molecular weight is 391 g/mol. The lowest BCUT2D eigenvalue weighted by Gasteiger charge is -2.34. The van der Waals surface area contributed by atoms with Crippen molar-refractivity contribution >= 4 is 32.9 Å². The molecule has 0 N–H and O–H groups in total. The van der Waals surface area contributed by atoms with Crippen molar-refractivity contribution in [2.45, 2.75) is 19.9 Å². The van der Waals surface area contributed by atoms with Gasteiger partial charge in [0.2, 0.25) is 0 Å². The fourth-order valence-corrected chi connectivity index (χ4v) is 4.86. The van der Waals surface area contributed by atoms with Gasteiger partial charge in [0, 0.05) is 65.9 Å². The van der Waals surface area contributed by atoms with Gasteiger partial charge in [-0.25, -0.2) is 4.79 Å². The molecular weight excluding hydrogens is 364 g/mol. The van der Waals surface area contributed by atoms with Crippen LogP contribution in [-0.4, -0.2) is 48.5 Å². The SMILES string of the molecule is Cc1ccc2scc(C(=C=O)CCN3CCN(Cc4ccccc4)CC3)c2c1. The number of nitrogens with zero attached hydrogens (tertiary/aromatic N) is 2. The second kappa shape index (κ2) is 8.85. The number of fused-ring (bicyclic) bond motifs is 1. The van der Waals surface area contributed by atoms with Crippen LogP contribution in [-0.2, 0) is 11.3 Å². The van der Waals surface area contributed by atoms with Crippen molar-refractivity contribution in [3.05, 3.63) is 70.6 Å². The number of benzene rings is 2. The standard InChI is InChI=1S/C24H26N2OS/c1-19-7-8-24-22(15-19)23(18-28-24)21(17-27)9-10-25-11-13-26(14-12-25)16-20-5-3-2-4-6-20/h2-8,15,18H,9-14,16H2,1H3. The molecule has 28 heavy (non-hydrogen) atoms. The van der Waals surface area contributed by atoms with Crippen LogP contribution in [0.1, 0.15) is 23.1 Å². The summed E-state index contributed by atoms with van der Waals surface area (Å²) in [6.45, 7) is 8.32. The van der Waals surface area contributed by atoms with Gasteiger partial charge in [-0.2, -0.15) is 0 Å². The topological polar surface area (TPSA) is 23.6 Å². The third-order valence-electron chi connectivity index (χ3n) is 5.57. The average Bonchev–Trinajstić information content (AvgIpc) is 3.13. The zero-order chi connectivity index (χ0) is 19.3. The molecule has 0 atom stereocenters. The summed E-state index contributed by atoms with van der Waals surface area (Å²) < 4.78 is 1.24. The Morgan fingerprint density at radius 1 is 1.04 bits per heavy atom. The third kappa shape index (κ3) is 4.43. The first-order valence-corrected chi connectivity index (χ1v) is 10.8. The second-order valence-electron chi connectivity index (χ2n) is 7.58. The highest BCUT2D eigenvalue weighted by Crippen LogP contribution is 2.32. The number of hydrogen-bond acceptors (Lipinski definition) is 4. The first kappa shape index (κ1) is 19.1. The lowest BCUT2D eigenvalue weighted by atomic mass is 10.0. The molecule has 1 aromatic heterocycles. The van der Waals surface area contributed by atoms with Gasteiger partial charge in [-0.15, -0.1) is 11.3 Å². The van der Waals surface area contributed by atoms with Crippen molar-refractivity contribution in [2.24, 2.45) is 0 Å². The molecule has 2 aromatic carbocycles. The summed E-state index contributed by atoms with van der Waals surface area (Å²) in [4.78, 5) is 16.7.